The van der Waals surface area contributed by atoms with Crippen LogP contribution in [0.15, 0.2) is 24.3 Å². The highest BCUT2D eigenvalue weighted by atomic mass is 16.6. The van der Waals surface area contributed by atoms with E-state index in [1.807, 2.05) is 0 Å². The van der Waals surface area contributed by atoms with Crippen LogP contribution in [0.5, 0.6) is 0 Å². The van der Waals surface area contributed by atoms with Gasteiger partial charge in [0.25, 0.3) is 0 Å². The summed E-state index contributed by atoms with van der Waals surface area (Å²) in [4.78, 5) is 11.3. The molecule has 1 aromatic rings. The third-order valence-corrected chi connectivity index (χ3v) is 1.53. The molecule has 0 aliphatic rings. The van der Waals surface area contributed by atoms with E-state index in [0.717, 1.165) is 0 Å². The standard InChI is InChI=1S/C11H14N2O2/c1-11(2,3)15-10(14)13-9-6-4-8(12)5-7-9/h4-7H,1,12H2,2-3H3/p+1. The summed E-state index contributed by atoms with van der Waals surface area (Å²) in [6.07, 6.45) is -0.528. The van der Waals surface area contributed by atoms with Crippen molar-refractivity contribution in [2.24, 2.45) is 0 Å². The number of hydrogen-bond donors (Lipinski definition) is 2. The summed E-state index contributed by atoms with van der Waals surface area (Å²) >= 11 is 0. The molecule has 80 valence electrons. The van der Waals surface area contributed by atoms with E-state index in [-0.39, 0.29) is 0 Å². The lowest BCUT2D eigenvalue weighted by molar-refractivity contribution is 0.0822. The molecule has 1 rings (SSSR count). The summed E-state index contributed by atoms with van der Waals surface area (Å²) < 4.78 is 4.98. The SMILES string of the molecule is [CH2+]C(C)(C)OC(=O)Nc1ccc(N)cc1. The average Bonchev–Trinajstić information content (AvgIpc) is 2.05. The Labute approximate surface area is 89.4 Å². The van der Waals surface area contributed by atoms with Crippen molar-refractivity contribution in [1.29, 1.82) is 0 Å². The number of rotatable bonds is 2. The fourth-order valence-electron chi connectivity index (χ4n) is 0.961. The Morgan fingerprint density at radius 1 is 1.40 bits per heavy atom. The first-order valence-corrected chi connectivity index (χ1v) is 4.58. The molecule has 0 unspecified atom stereocenters. The van der Waals surface area contributed by atoms with Crippen LogP contribution in [-0.4, -0.2) is 11.7 Å². The average molecular weight is 207 g/mol. The fourth-order valence-corrected chi connectivity index (χ4v) is 0.961. The van der Waals surface area contributed by atoms with Crippen molar-refractivity contribution in [3.63, 3.8) is 0 Å². The quantitative estimate of drug-likeness (QED) is 0.578. The summed E-state index contributed by atoms with van der Waals surface area (Å²) in [5, 5.41) is 2.57. The molecule has 15 heavy (non-hydrogen) atoms. The highest BCUT2D eigenvalue weighted by Crippen LogP contribution is 2.13. The van der Waals surface area contributed by atoms with Crippen LogP contribution in [0.4, 0.5) is 16.2 Å². The van der Waals surface area contributed by atoms with Gasteiger partial charge >= 0.3 is 6.09 Å². The predicted octanol–water partition coefficient (Wildman–Crippen LogP) is 2.43. The molecule has 3 N–H and O–H groups in total. The molecule has 0 aromatic heterocycles. The Morgan fingerprint density at radius 2 is 1.93 bits per heavy atom. The third kappa shape index (κ3) is 4.26. The second-order valence-corrected chi connectivity index (χ2v) is 3.90. The van der Waals surface area contributed by atoms with E-state index in [4.69, 9.17) is 10.5 Å². The largest absolute Gasteiger partial charge is 0.415 e. The molecule has 4 nitrogen and oxygen atoms in total. The highest BCUT2D eigenvalue weighted by Gasteiger charge is 2.23. The number of hydrogen-bond acceptors (Lipinski definition) is 3. The molecule has 0 fully saturated rings. The normalized spacial score (nSPS) is 10.8. The molecule has 0 radical (unpaired) electrons. The lowest BCUT2D eigenvalue weighted by Gasteiger charge is -2.13. The molecular weight excluding hydrogens is 192 g/mol. The van der Waals surface area contributed by atoms with E-state index >= 15 is 0 Å². The molecule has 0 aliphatic carbocycles. The van der Waals surface area contributed by atoms with Crippen molar-refractivity contribution < 1.29 is 9.53 Å². The van der Waals surface area contributed by atoms with E-state index < -0.39 is 11.7 Å². The van der Waals surface area contributed by atoms with Crippen LogP contribution >= 0.6 is 0 Å². The van der Waals surface area contributed by atoms with Crippen molar-refractivity contribution in [3.8, 4) is 0 Å². The van der Waals surface area contributed by atoms with Gasteiger partial charge in [0, 0.05) is 25.2 Å². The number of nitrogens with one attached hydrogen (secondary N) is 1. The number of nitrogens with two attached hydrogens (primary N) is 1. The van der Waals surface area contributed by atoms with Crippen molar-refractivity contribution in [1.82, 2.24) is 0 Å². The Bertz CT molecular complexity index is 339. The van der Waals surface area contributed by atoms with E-state index in [9.17, 15) is 4.79 Å². The maximum atomic E-state index is 11.3. The Balaban J connectivity index is 2.55. The van der Waals surface area contributed by atoms with Crippen LogP contribution in [0, 0.1) is 6.92 Å². The third-order valence-electron chi connectivity index (χ3n) is 1.53. The Kier molecular flexibility index (Phi) is 3.09. The number of nitrogen functional groups attached to an aromatic ring is 1. The van der Waals surface area contributed by atoms with Crippen LogP contribution in [0.1, 0.15) is 13.8 Å². The second-order valence-electron chi connectivity index (χ2n) is 3.90. The molecular formula is C11H15N2O2+. The molecule has 4 heteroatoms. The van der Waals surface area contributed by atoms with Gasteiger partial charge in [-0.1, -0.05) is 0 Å². The molecule has 0 spiro atoms. The zero-order valence-electron chi connectivity index (χ0n) is 8.91. The van der Waals surface area contributed by atoms with Crippen LogP contribution < -0.4 is 11.1 Å². The van der Waals surface area contributed by atoms with Crippen LogP contribution in [0.3, 0.4) is 0 Å². The van der Waals surface area contributed by atoms with Gasteiger partial charge in [0.05, 0.1) is 0 Å². The minimum Gasteiger partial charge on any atom is -0.402 e. The smallest absolute Gasteiger partial charge is 0.402 e. The van der Waals surface area contributed by atoms with Crippen molar-refractivity contribution in [2.45, 2.75) is 19.4 Å². The summed E-state index contributed by atoms with van der Waals surface area (Å²) in [6.45, 7) is 7.07. The van der Waals surface area contributed by atoms with Gasteiger partial charge in [0.15, 0.2) is 0 Å². The van der Waals surface area contributed by atoms with Crippen molar-refractivity contribution in [3.05, 3.63) is 31.2 Å². The van der Waals surface area contributed by atoms with Gasteiger partial charge in [-0.15, -0.1) is 0 Å². The van der Waals surface area contributed by atoms with Gasteiger partial charge in [-0.05, 0) is 24.3 Å². The van der Waals surface area contributed by atoms with E-state index in [2.05, 4.69) is 12.2 Å². The van der Waals surface area contributed by atoms with Crippen molar-refractivity contribution in [2.75, 3.05) is 11.1 Å². The molecule has 0 saturated heterocycles. The number of amides is 1. The molecule has 0 bridgehead atoms. The van der Waals surface area contributed by atoms with E-state index in [1.165, 1.54) is 0 Å². The zero-order chi connectivity index (χ0) is 11.5. The predicted molar refractivity (Wildman–Crippen MR) is 60.4 cm³/mol. The highest BCUT2D eigenvalue weighted by molar-refractivity contribution is 5.85. The first-order valence-electron chi connectivity index (χ1n) is 4.58. The van der Waals surface area contributed by atoms with E-state index in [1.54, 1.807) is 38.1 Å². The molecule has 1 amide bonds. The monoisotopic (exact) mass is 207 g/mol. The first-order chi connectivity index (χ1) is 6.87. The van der Waals surface area contributed by atoms with E-state index in [0.29, 0.717) is 11.4 Å². The minimum absolute atomic E-state index is 0.528. The number of carbonyl (C=O) groups excluding carboxylic acids is 1. The maximum Gasteiger partial charge on any atom is 0.415 e. The van der Waals surface area contributed by atoms with Gasteiger partial charge in [-0.2, -0.15) is 0 Å². The van der Waals surface area contributed by atoms with Gasteiger partial charge in [-0.3, -0.25) is 5.32 Å². The first kappa shape index (κ1) is 11.2. The number of ether oxygens (including phenoxy) is 1. The summed E-state index contributed by atoms with van der Waals surface area (Å²) in [5.74, 6) is 0. The summed E-state index contributed by atoms with van der Waals surface area (Å²) in [7, 11) is 0. The van der Waals surface area contributed by atoms with Gasteiger partial charge in [0.1, 0.15) is 6.92 Å². The Morgan fingerprint density at radius 3 is 2.40 bits per heavy atom. The zero-order valence-corrected chi connectivity index (χ0v) is 8.91. The van der Waals surface area contributed by atoms with Crippen molar-refractivity contribution >= 4 is 17.5 Å². The fraction of sp³-hybridized carbons (Fsp3) is 0.273. The van der Waals surface area contributed by atoms with Gasteiger partial charge < -0.3 is 10.5 Å². The number of carbonyl (C=O) groups is 1. The molecule has 0 atom stereocenters. The molecule has 0 aliphatic heterocycles. The lowest BCUT2D eigenvalue weighted by Crippen LogP contribution is -2.27. The second kappa shape index (κ2) is 4.13. The number of anilines is 2. The lowest BCUT2D eigenvalue weighted by atomic mass is 10.2. The molecule has 0 saturated carbocycles. The number of benzene rings is 1. The minimum atomic E-state index is -0.738. The van der Waals surface area contributed by atoms with Gasteiger partial charge in [-0.25, -0.2) is 4.79 Å². The Hall–Kier alpha value is -1.84. The molecule has 0 heterocycles. The summed E-state index contributed by atoms with van der Waals surface area (Å²) in [6, 6.07) is 6.80. The van der Waals surface area contributed by atoms with Gasteiger partial charge in [0.2, 0.25) is 5.60 Å². The maximum absolute atomic E-state index is 11.3. The topological polar surface area (TPSA) is 64.3 Å². The van der Waals surface area contributed by atoms with Crippen LogP contribution in [-0.2, 0) is 4.74 Å². The molecule has 1 aromatic carbocycles. The summed E-state index contributed by atoms with van der Waals surface area (Å²) in [5.41, 5.74) is 6.05. The van der Waals surface area contributed by atoms with Crippen LogP contribution in [0.25, 0.3) is 0 Å². The van der Waals surface area contributed by atoms with Crippen LogP contribution in [0.2, 0.25) is 0 Å².